The molecule has 1 aliphatic heterocycles. The minimum atomic E-state index is -2.91. The van der Waals surface area contributed by atoms with Gasteiger partial charge in [0.25, 0.3) is 5.92 Å². The van der Waals surface area contributed by atoms with E-state index in [-0.39, 0.29) is 5.69 Å². The van der Waals surface area contributed by atoms with Gasteiger partial charge in [-0.2, -0.15) is 8.78 Å². The molecule has 1 saturated heterocycles. The maximum Gasteiger partial charge on any atom is 0.290 e. The Morgan fingerprint density at radius 2 is 2.47 bits per heavy atom. The zero-order valence-electron chi connectivity index (χ0n) is 8.59. The minimum absolute atomic E-state index is 0.275. The average molecular weight is 216 g/mol. The van der Waals surface area contributed by atoms with Crippen molar-refractivity contribution in [2.45, 2.75) is 25.7 Å². The normalized spacial score (nSPS) is 22.2. The first-order chi connectivity index (χ1) is 7.05. The first-order valence-electron chi connectivity index (χ1n) is 5.09. The highest BCUT2D eigenvalue weighted by Crippen LogP contribution is 2.26. The lowest BCUT2D eigenvalue weighted by Crippen LogP contribution is -2.11. The fourth-order valence-electron chi connectivity index (χ4n) is 1.74. The van der Waals surface area contributed by atoms with Crippen molar-refractivity contribution in [1.29, 1.82) is 0 Å². The summed E-state index contributed by atoms with van der Waals surface area (Å²) >= 11 is 0. The number of hydrogen-bond acceptors (Lipinski definition) is 3. The second-order valence-electron chi connectivity index (χ2n) is 4.08. The van der Waals surface area contributed by atoms with Gasteiger partial charge in [0.05, 0.1) is 0 Å². The summed E-state index contributed by atoms with van der Waals surface area (Å²) in [7, 11) is 0. The van der Waals surface area contributed by atoms with Gasteiger partial charge in [-0.3, -0.25) is 0 Å². The summed E-state index contributed by atoms with van der Waals surface area (Å²) in [6, 6.07) is 0. The molecule has 0 saturated carbocycles. The molecule has 0 amide bonds. The van der Waals surface area contributed by atoms with Crippen LogP contribution in [0.5, 0.6) is 0 Å². The van der Waals surface area contributed by atoms with Gasteiger partial charge in [0.2, 0.25) is 0 Å². The number of hydrogen-bond donors (Lipinski definition) is 1. The third kappa shape index (κ3) is 2.53. The minimum Gasteiger partial charge on any atom is -0.448 e. The standard InChI is InChI=1S/C10H14F2N2O/c1-10(11,12)8-6-15-9(14-8)4-7-2-3-13-5-7/h6-7,13H,2-5H2,1H3. The number of oxazole rings is 1. The van der Waals surface area contributed by atoms with Crippen LogP contribution in [-0.4, -0.2) is 18.1 Å². The summed E-state index contributed by atoms with van der Waals surface area (Å²) in [6.45, 7) is 2.73. The Labute approximate surface area is 86.9 Å². The quantitative estimate of drug-likeness (QED) is 0.839. The van der Waals surface area contributed by atoms with Gasteiger partial charge in [0.15, 0.2) is 5.89 Å². The van der Waals surface area contributed by atoms with E-state index in [9.17, 15) is 8.78 Å². The fourth-order valence-corrected chi connectivity index (χ4v) is 1.74. The molecule has 1 fully saturated rings. The van der Waals surface area contributed by atoms with E-state index in [2.05, 4.69) is 10.3 Å². The molecular formula is C10H14F2N2O. The highest BCUT2D eigenvalue weighted by atomic mass is 19.3. The molecular weight excluding hydrogens is 202 g/mol. The van der Waals surface area contributed by atoms with Gasteiger partial charge in [-0.15, -0.1) is 0 Å². The lowest BCUT2D eigenvalue weighted by Gasteiger charge is -2.04. The Hall–Kier alpha value is -0.970. The maximum absolute atomic E-state index is 12.8. The van der Waals surface area contributed by atoms with Crippen LogP contribution in [-0.2, 0) is 12.3 Å². The van der Waals surface area contributed by atoms with E-state index in [1.807, 2.05) is 0 Å². The number of halogens is 2. The molecule has 0 bridgehead atoms. The Balaban J connectivity index is 2.00. The van der Waals surface area contributed by atoms with Crippen LogP contribution in [0.15, 0.2) is 10.7 Å². The predicted octanol–water partition coefficient (Wildman–Crippen LogP) is 1.94. The van der Waals surface area contributed by atoms with Crippen LogP contribution in [0.1, 0.15) is 24.9 Å². The van der Waals surface area contributed by atoms with E-state index in [4.69, 9.17) is 4.42 Å². The number of rotatable bonds is 3. The van der Waals surface area contributed by atoms with Gasteiger partial charge in [0, 0.05) is 13.3 Å². The molecule has 1 atom stereocenters. The first kappa shape index (κ1) is 10.5. The fraction of sp³-hybridized carbons (Fsp3) is 0.700. The predicted molar refractivity (Wildman–Crippen MR) is 50.8 cm³/mol. The van der Waals surface area contributed by atoms with Crippen molar-refractivity contribution < 1.29 is 13.2 Å². The molecule has 15 heavy (non-hydrogen) atoms. The lowest BCUT2D eigenvalue weighted by atomic mass is 10.1. The Morgan fingerprint density at radius 3 is 3.00 bits per heavy atom. The van der Waals surface area contributed by atoms with Gasteiger partial charge in [-0.05, 0) is 25.4 Å². The van der Waals surface area contributed by atoms with Crippen LogP contribution >= 0.6 is 0 Å². The third-order valence-corrected chi connectivity index (χ3v) is 2.63. The van der Waals surface area contributed by atoms with E-state index in [1.54, 1.807) is 0 Å². The SMILES string of the molecule is CC(F)(F)c1coc(CC2CCNC2)n1. The van der Waals surface area contributed by atoms with Crippen molar-refractivity contribution in [2.24, 2.45) is 5.92 Å². The highest BCUT2D eigenvalue weighted by molar-refractivity contribution is 5.03. The summed E-state index contributed by atoms with van der Waals surface area (Å²) in [4.78, 5) is 3.80. The molecule has 5 heteroatoms. The molecule has 0 spiro atoms. The van der Waals surface area contributed by atoms with E-state index in [0.717, 1.165) is 32.7 Å². The maximum atomic E-state index is 12.8. The highest BCUT2D eigenvalue weighted by Gasteiger charge is 2.29. The number of nitrogens with zero attached hydrogens (tertiary/aromatic N) is 1. The van der Waals surface area contributed by atoms with E-state index in [1.165, 1.54) is 0 Å². The monoisotopic (exact) mass is 216 g/mol. The van der Waals surface area contributed by atoms with Crippen LogP contribution in [0.4, 0.5) is 8.78 Å². The molecule has 0 radical (unpaired) electrons. The lowest BCUT2D eigenvalue weighted by molar-refractivity contribution is 0.0126. The van der Waals surface area contributed by atoms with Crippen molar-refractivity contribution in [3.8, 4) is 0 Å². The molecule has 2 heterocycles. The van der Waals surface area contributed by atoms with Crippen molar-refractivity contribution in [3.05, 3.63) is 17.8 Å². The summed E-state index contributed by atoms with van der Waals surface area (Å²) in [6.07, 6.45) is 2.75. The van der Waals surface area contributed by atoms with E-state index in [0.29, 0.717) is 18.2 Å². The largest absolute Gasteiger partial charge is 0.448 e. The van der Waals surface area contributed by atoms with Crippen molar-refractivity contribution in [3.63, 3.8) is 0 Å². The second kappa shape index (κ2) is 3.89. The van der Waals surface area contributed by atoms with Crippen LogP contribution < -0.4 is 5.32 Å². The molecule has 2 rings (SSSR count). The third-order valence-electron chi connectivity index (χ3n) is 2.63. The Bertz CT molecular complexity index is 326. The Kier molecular flexibility index (Phi) is 2.73. The molecule has 1 unspecified atom stereocenters. The zero-order valence-corrected chi connectivity index (χ0v) is 8.59. The van der Waals surface area contributed by atoms with Gasteiger partial charge >= 0.3 is 0 Å². The molecule has 0 aliphatic carbocycles. The summed E-state index contributed by atoms with van der Waals surface area (Å²) in [5, 5.41) is 3.21. The summed E-state index contributed by atoms with van der Waals surface area (Å²) in [5.74, 6) is -2.03. The van der Waals surface area contributed by atoms with Gasteiger partial charge in [-0.25, -0.2) is 4.98 Å². The van der Waals surface area contributed by atoms with Gasteiger partial charge in [0.1, 0.15) is 12.0 Å². The molecule has 1 aromatic heterocycles. The van der Waals surface area contributed by atoms with Crippen LogP contribution in [0, 0.1) is 5.92 Å². The number of nitrogens with one attached hydrogen (secondary N) is 1. The smallest absolute Gasteiger partial charge is 0.290 e. The molecule has 1 aromatic rings. The van der Waals surface area contributed by atoms with E-state index >= 15 is 0 Å². The van der Waals surface area contributed by atoms with E-state index < -0.39 is 5.92 Å². The topological polar surface area (TPSA) is 38.1 Å². The van der Waals surface area contributed by atoms with Gasteiger partial charge < -0.3 is 9.73 Å². The Morgan fingerprint density at radius 1 is 1.67 bits per heavy atom. The average Bonchev–Trinajstić information content (AvgIpc) is 2.73. The van der Waals surface area contributed by atoms with Gasteiger partial charge in [-0.1, -0.05) is 0 Å². The summed E-state index contributed by atoms with van der Waals surface area (Å²) in [5.41, 5.74) is -0.275. The molecule has 1 N–H and O–H groups in total. The summed E-state index contributed by atoms with van der Waals surface area (Å²) < 4.78 is 30.7. The number of alkyl halides is 2. The molecule has 1 aliphatic rings. The number of aromatic nitrogens is 1. The second-order valence-corrected chi connectivity index (χ2v) is 4.08. The van der Waals surface area contributed by atoms with Crippen molar-refractivity contribution in [2.75, 3.05) is 13.1 Å². The molecule has 3 nitrogen and oxygen atoms in total. The van der Waals surface area contributed by atoms with Crippen molar-refractivity contribution in [1.82, 2.24) is 10.3 Å². The van der Waals surface area contributed by atoms with Crippen LogP contribution in [0.2, 0.25) is 0 Å². The molecule has 0 aromatic carbocycles. The molecule has 84 valence electrons. The van der Waals surface area contributed by atoms with Crippen LogP contribution in [0.25, 0.3) is 0 Å². The zero-order chi connectivity index (χ0) is 10.9. The van der Waals surface area contributed by atoms with Crippen LogP contribution in [0.3, 0.4) is 0 Å². The van der Waals surface area contributed by atoms with Crippen molar-refractivity contribution >= 4 is 0 Å². The first-order valence-corrected chi connectivity index (χ1v) is 5.09.